The Morgan fingerprint density at radius 1 is 1.27 bits per heavy atom. The Balaban J connectivity index is 2.23. The number of hydrogen-bond acceptors (Lipinski definition) is 4. The van der Waals surface area contributed by atoms with Crippen molar-refractivity contribution < 1.29 is 17.9 Å². The summed E-state index contributed by atoms with van der Waals surface area (Å²) in [4.78, 5) is 12.0. The first kappa shape index (κ1) is 20.0. The Bertz CT molecular complexity index is 913. The van der Waals surface area contributed by atoms with E-state index in [4.69, 9.17) is 4.74 Å². The molecule has 0 bridgehead atoms. The Hall–Kier alpha value is -2.32. The van der Waals surface area contributed by atoms with Gasteiger partial charge in [-0.25, -0.2) is 8.42 Å². The summed E-state index contributed by atoms with van der Waals surface area (Å²) in [6.45, 7) is 6.19. The van der Waals surface area contributed by atoms with Gasteiger partial charge in [-0.15, -0.1) is 6.58 Å². The van der Waals surface area contributed by atoms with E-state index >= 15 is 0 Å². The van der Waals surface area contributed by atoms with E-state index in [1.807, 2.05) is 6.92 Å². The molecule has 0 aliphatic heterocycles. The molecule has 0 heterocycles. The minimum atomic E-state index is -3.84. The fraction of sp³-hybridized carbons (Fsp3) is 0.167. The zero-order valence-corrected chi connectivity index (χ0v) is 16.6. The minimum Gasteiger partial charge on any atom is -0.493 e. The van der Waals surface area contributed by atoms with E-state index in [-0.39, 0.29) is 16.4 Å². The SMILES string of the molecule is C=CCNC(=O)c1cccc(S(=O)(=O)Nc2ccc(OCC)c(Br)c2)c1. The Morgan fingerprint density at radius 2 is 2.04 bits per heavy atom. The maximum absolute atomic E-state index is 12.6. The second-order valence-electron chi connectivity index (χ2n) is 5.21. The molecule has 138 valence electrons. The van der Waals surface area contributed by atoms with Crippen LogP contribution in [-0.2, 0) is 10.0 Å². The molecule has 0 fully saturated rings. The van der Waals surface area contributed by atoms with Gasteiger partial charge in [-0.05, 0) is 59.3 Å². The lowest BCUT2D eigenvalue weighted by molar-refractivity contribution is 0.0958. The average Bonchev–Trinajstić information content (AvgIpc) is 2.62. The smallest absolute Gasteiger partial charge is 0.261 e. The molecule has 0 spiro atoms. The van der Waals surface area contributed by atoms with Crippen molar-refractivity contribution in [2.45, 2.75) is 11.8 Å². The largest absolute Gasteiger partial charge is 0.493 e. The fourth-order valence-electron chi connectivity index (χ4n) is 2.12. The second-order valence-corrected chi connectivity index (χ2v) is 7.75. The first-order valence-electron chi connectivity index (χ1n) is 7.81. The van der Waals surface area contributed by atoms with Gasteiger partial charge in [0.15, 0.2) is 0 Å². The zero-order valence-electron chi connectivity index (χ0n) is 14.2. The molecule has 0 aliphatic carbocycles. The van der Waals surface area contributed by atoms with Gasteiger partial charge in [0, 0.05) is 12.1 Å². The molecule has 0 saturated heterocycles. The van der Waals surface area contributed by atoms with E-state index in [0.717, 1.165) is 0 Å². The number of ether oxygens (including phenoxy) is 1. The predicted molar refractivity (Wildman–Crippen MR) is 105 cm³/mol. The van der Waals surface area contributed by atoms with Gasteiger partial charge in [0.2, 0.25) is 0 Å². The van der Waals surface area contributed by atoms with Gasteiger partial charge in [0.1, 0.15) is 5.75 Å². The van der Waals surface area contributed by atoms with Crippen molar-refractivity contribution in [2.24, 2.45) is 0 Å². The number of amides is 1. The highest BCUT2D eigenvalue weighted by molar-refractivity contribution is 9.10. The number of anilines is 1. The van der Waals surface area contributed by atoms with Gasteiger partial charge in [0.25, 0.3) is 15.9 Å². The number of carbonyl (C=O) groups is 1. The van der Waals surface area contributed by atoms with Crippen LogP contribution in [0.5, 0.6) is 5.75 Å². The van der Waals surface area contributed by atoms with Crippen LogP contribution >= 0.6 is 15.9 Å². The molecule has 0 aromatic heterocycles. The monoisotopic (exact) mass is 438 g/mol. The zero-order chi connectivity index (χ0) is 19.2. The topological polar surface area (TPSA) is 84.5 Å². The quantitative estimate of drug-likeness (QED) is 0.616. The highest BCUT2D eigenvalue weighted by Crippen LogP contribution is 2.29. The molecule has 2 N–H and O–H groups in total. The molecule has 1 amide bonds. The van der Waals surface area contributed by atoms with E-state index in [0.29, 0.717) is 29.1 Å². The molecule has 0 aliphatic rings. The van der Waals surface area contributed by atoms with Crippen LogP contribution in [0.4, 0.5) is 5.69 Å². The molecule has 0 atom stereocenters. The van der Waals surface area contributed by atoms with Crippen molar-refractivity contribution >= 4 is 37.5 Å². The van der Waals surface area contributed by atoms with Crippen molar-refractivity contribution in [2.75, 3.05) is 17.9 Å². The Kier molecular flexibility index (Phi) is 6.82. The molecule has 2 aromatic carbocycles. The summed E-state index contributed by atoms with van der Waals surface area (Å²) >= 11 is 3.35. The van der Waals surface area contributed by atoms with Crippen LogP contribution in [0.2, 0.25) is 0 Å². The normalized spacial score (nSPS) is 10.8. The lowest BCUT2D eigenvalue weighted by Gasteiger charge is -2.11. The third kappa shape index (κ3) is 5.09. The maximum atomic E-state index is 12.6. The summed E-state index contributed by atoms with van der Waals surface area (Å²) in [7, 11) is -3.84. The molecular formula is C18H19BrN2O4S. The number of halogens is 1. The fourth-order valence-corrected chi connectivity index (χ4v) is 3.71. The highest BCUT2D eigenvalue weighted by Gasteiger charge is 2.17. The number of carbonyl (C=O) groups excluding carboxylic acids is 1. The van der Waals surface area contributed by atoms with Crippen LogP contribution in [0, 0.1) is 0 Å². The van der Waals surface area contributed by atoms with Crippen LogP contribution in [0.25, 0.3) is 0 Å². The molecule has 0 saturated carbocycles. The van der Waals surface area contributed by atoms with Crippen molar-refractivity contribution in [1.29, 1.82) is 0 Å². The van der Waals surface area contributed by atoms with Crippen molar-refractivity contribution in [3.63, 3.8) is 0 Å². The third-order valence-corrected chi connectivity index (χ3v) is 5.30. The van der Waals surface area contributed by atoms with Crippen LogP contribution < -0.4 is 14.8 Å². The van der Waals surface area contributed by atoms with Gasteiger partial charge in [-0.1, -0.05) is 12.1 Å². The van der Waals surface area contributed by atoms with Gasteiger partial charge < -0.3 is 10.1 Å². The molecule has 2 rings (SSSR count). The Labute approximate surface area is 161 Å². The number of benzene rings is 2. The number of nitrogens with one attached hydrogen (secondary N) is 2. The average molecular weight is 439 g/mol. The van der Waals surface area contributed by atoms with Crippen molar-refractivity contribution in [3.8, 4) is 5.75 Å². The molecule has 6 nitrogen and oxygen atoms in total. The first-order chi connectivity index (χ1) is 12.4. The summed E-state index contributed by atoms with van der Waals surface area (Å²) < 4.78 is 33.7. The molecule has 26 heavy (non-hydrogen) atoms. The lowest BCUT2D eigenvalue weighted by Crippen LogP contribution is -2.23. The third-order valence-electron chi connectivity index (χ3n) is 3.30. The summed E-state index contributed by atoms with van der Waals surface area (Å²) in [5.41, 5.74) is 0.629. The number of hydrogen-bond donors (Lipinski definition) is 2. The van der Waals surface area contributed by atoms with E-state index in [1.165, 1.54) is 18.2 Å². The summed E-state index contributed by atoms with van der Waals surface area (Å²) in [5.74, 6) is 0.252. The number of rotatable bonds is 8. The Morgan fingerprint density at radius 3 is 2.69 bits per heavy atom. The highest BCUT2D eigenvalue weighted by atomic mass is 79.9. The minimum absolute atomic E-state index is 0.00578. The standard InChI is InChI=1S/C18H19BrN2O4S/c1-3-10-20-18(22)13-6-5-7-15(11-13)26(23,24)21-14-8-9-17(25-4-2)16(19)12-14/h3,5-9,11-12,21H,1,4,10H2,2H3,(H,20,22). The van der Waals surface area contributed by atoms with E-state index < -0.39 is 10.0 Å². The van der Waals surface area contributed by atoms with E-state index in [1.54, 1.807) is 30.3 Å². The number of sulfonamides is 1. The van der Waals surface area contributed by atoms with Crippen molar-refractivity contribution in [1.82, 2.24) is 5.32 Å². The van der Waals surface area contributed by atoms with Crippen LogP contribution in [0.15, 0.2) is 64.5 Å². The van der Waals surface area contributed by atoms with E-state index in [2.05, 4.69) is 32.5 Å². The van der Waals surface area contributed by atoms with Crippen LogP contribution in [0.1, 0.15) is 17.3 Å². The van der Waals surface area contributed by atoms with Crippen LogP contribution in [-0.4, -0.2) is 27.5 Å². The lowest BCUT2D eigenvalue weighted by atomic mass is 10.2. The summed E-state index contributed by atoms with van der Waals surface area (Å²) in [6, 6.07) is 10.7. The van der Waals surface area contributed by atoms with Gasteiger partial charge >= 0.3 is 0 Å². The molecular weight excluding hydrogens is 420 g/mol. The van der Waals surface area contributed by atoms with Gasteiger partial charge in [0.05, 0.1) is 21.7 Å². The van der Waals surface area contributed by atoms with E-state index in [9.17, 15) is 13.2 Å². The van der Waals surface area contributed by atoms with Crippen LogP contribution in [0.3, 0.4) is 0 Å². The van der Waals surface area contributed by atoms with Crippen molar-refractivity contribution in [3.05, 3.63) is 65.2 Å². The predicted octanol–water partition coefficient (Wildman–Crippen LogP) is 3.56. The molecule has 8 heteroatoms. The molecule has 0 radical (unpaired) electrons. The molecule has 2 aromatic rings. The second kappa shape index (κ2) is 8.86. The molecule has 0 unspecified atom stereocenters. The summed E-state index contributed by atoms with van der Waals surface area (Å²) in [6.07, 6.45) is 1.55. The first-order valence-corrected chi connectivity index (χ1v) is 10.1. The van der Waals surface area contributed by atoms with Gasteiger partial charge in [-0.2, -0.15) is 0 Å². The maximum Gasteiger partial charge on any atom is 0.261 e. The van der Waals surface area contributed by atoms with Gasteiger partial charge in [-0.3, -0.25) is 9.52 Å². The summed E-state index contributed by atoms with van der Waals surface area (Å²) in [5, 5.41) is 2.61.